The van der Waals surface area contributed by atoms with Gasteiger partial charge in [-0.1, -0.05) is 0 Å². The Kier molecular flexibility index (Phi) is 6.60. The van der Waals surface area contributed by atoms with Crippen LogP contribution in [0.15, 0.2) is 23.1 Å². The normalized spacial score (nSPS) is 11.3. The molecule has 118 valence electrons. The Hall–Kier alpha value is -1.64. The third-order valence-corrected chi connectivity index (χ3v) is 4.20. The van der Waals surface area contributed by atoms with Crippen molar-refractivity contribution in [3.8, 4) is 5.75 Å². The van der Waals surface area contributed by atoms with Gasteiger partial charge in [-0.2, -0.15) is 0 Å². The molecule has 0 unspecified atom stereocenters. The number of rotatable bonds is 9. The van der Waals surface area contributed by atoms with Gasteiger partial charge in [0.05, 0.1) is 25.0 Å². The summed E-state index contributed by atoms with van der Waals surface area (Å²) in [7, 11) is -2.37. The van der Waals surface area contributed by atoms with Gasteiger partial charge in [0.1, 0.15) is 5.75 Å². The Bertz CT molecular complexity index is 584. The number of carboxylic acid groups (broad SMARTS) is 1. The highest BCUT2D eigenvalue weighted by Crippen LogP contribution is 2.22. The van der Waals surface area contributed by atoms with Gasteiger partial charge in [0.15, 0.2) is 0 Å². The third-order valence-electron chi connectivity index (χ3n) is 2.64. The van der Waals surface area contributed by atoms with E-state index >= 15 is 0 Å². The number of hydrogen-bond acceptors (Lipinski definition) is 5. The molecular weight excluding hydrogens is 298 g/mol. The summed E-state index contributed by atoms with van der Waals surface area (Å²) in [5, 5.41) is 8.89. The van der Waals surface area contributed by atoms with Gasteiger partial charge in [0, 0.05) is 13.2 Å². The summed E-state index contributed by atoms with van der Waals surface area (Å²) >= 11 is 0. The van der Waals surface area contributed by atoms with Gasteiger partial charge in [-0.25, -0.2) is 13.1 Å². The van der Waals surface area contributed by atoms with Crippen LogP contribution in [-0.2, 0) is 26.0 Å². The van der Waals surface area contributed by atoms with Crippen LogP contribution in [0.4, 0.5) is 0 Å². The van der Waals surface area contributed by atoms with Crippen molar-refractivity contribution in [2.75, 3.05) is 26.9 Å². The predicted octanol–water partition coefficient (Wildman–Crippen LogP) is 0.637. The predicted molar refractivity (Wildman–Crippen MR) is 76.0 cm³/mol. The second-order valence-electron chi connectivity index (χ2n) is 4.14. The molecular formula is C13H19NO6S. The number of nitrogens with one attached hydrogen (secondary N) is 1. The number of methoxy groups -OCH3 is 1. The lowest BCUT2D eigenvalue weighted by Gasteiger charge is -2.12. The lowest BCUT2D eigenvalue weighted by molar-refractivity contribution is -0.136. The zero-order valence-corrected chi connectivity index (χ0v) is 12.8. The molecule has 0 saturated heterocycles. The number of hydrogen-bond donors (Lipinski definition) is 2. The van der Waals surface area contributed by atoms with Crippen molar-refractivity contribution in [2.45, 2.75) is 18.2 Å². The number of ether oxygens (including phenoxy) is 2. The number of carbonyl (C=O) groups is 1. The Balaban J connectivity index is 3.00. The molecule has 2 N–H and O–H groups in total. The standard InChI is InChI=1S/C13H19NO6S/c1-3-20-7-6-14-21(17,18)12-5-4-11(19-2)8-10(12)9-13(15)16/h4-5,8,14H,3,6-7,9H2,1-2H3,(H,15,16). The zero-order chi connectivity index (χ0) is 15.9. The van der Waals surface area contributed by atoms with Crippen LogP contribution in [0.3, 0.4) is 0 Å². The first-order valence-electron chi connectivity index (χ1n) is 6.36. The monoisotopic (exact) mass is 317 g/mol. The van der Waals surface area contributed by atoms with E-state index in [1.165, 1.54) is 25.3 Å². The average molecular weight is 317 g/mol. The first kappa shape index (κ1) is 17.4. The van der Waals surface area contributed by atoms with Crippen molar-refractivity contribution in [1.82, 2.24) is 4.72 Å². The van der Waals surface area contributed by atoms with Gasteiger partial charge in [0.2, 0.25) is 10.0 Å². The molecule has 0 aliphatic rings. The molecule has 0 aromatic heterocycles. The van der Waals surface area contributed by atoms with Crippen molar-refractivity contribution in [1.29, 1.82) is 0 Å². The number of carboxylic acids is 1. The molecule has 7 nitrogen and oxygen atoms in total. The summed E-state index contributed by atoms with van der Waals surface area (Å²) in [5.41, 5.74) is 0.172. The summed E-state index contributed by atoms with van der Waals surface area (Å²) in [6, 6.07) is 4.22. The van der Waals surface area contributed by atoms with Crippen molar-refractivity contribution < 1.29 is 27.8 Å². The van der Waals surface area contributed by atoms with Crippen molar-refractivity contribution in [3.05, 3.63) is 23.8 Å². The quantitative estimate of drug-likeness (QED) is 0.648. The van der Waals surface area contributed by atoms with Gasteiger partial charge in [-0.05, 0) is 30.7 Å². The van der Waals surface area contributed by atoms with Crippen LogP contribution in [0.2, 0.25) is 0 Å². The fourth-order valence-electron chi connectivity index (χ4n) is 1.72. The SMILES string of the molecule is CCOCCNS(=O)(=O)c1ccc(OC)cc1CC(=O)O. The van der Waals surface area contributed by atoms with Crippen LogP contribution < -0.4 is 9.46 Å². The molecule has 0 amide bonds. The van der Waals surface area contributed by atoms with Crippen molar-refractivity contribution in [3.63, 3.8) is 0 Å². The molecule has 1 rings (SSSR count). The second-order valence-corrected chi connectivity index (χ2v) is 5.87. The highest BCUT2D eigenvalue weighted by molar-refractivity contribution is 7.89. The molecule has 0 radical (unpaired) electrons. The van der Waals surface area contributed by atoms with Gasteiger partial charge in [0.25, 0.3) is 0 Å². The third kappa shape index (κ3) is 5.33. The molecule has 0 saturated carbocycles. The Morgan fingerprint density at radius 2 is 2.10 bits per heavy atom. The molecule has 0 aliphatic carbocycles. The van der Waals surface area contributed by atoms with E-state index in [1.54, 1.807) is 0 Å². The lowest BCUT2D eigenvalue weighted by Crippen LogP contribution is -2.28. The van der Waals surface area contributed by atoms with Crippen LogP contribution in [0.25, 0.3) is 0 Å². The number of sulfonamides is 1. The average Bonchev–Trinajstić information content (AvgIpc) is 2.42. The summed E-state index contributed by atoms with van der Waals surface area (Å²) in [6.45, 7) is 2.67. The first-order valence-corrected chi connectivity index (χ1v) is 7.85. The van der Waals surface area contributed by atoms with E-state index in [9.17, 15) is 13.2 Å². The Morgan fingerprint density at radius 3 is 2.67 bits per heavy atom. The maximum Gasteiger partial charge on any atom is 0.307 e. The molecule has 0 heterocycles. The number of aliphatic carboxylic acids is 1. The summed E-state index contributed by atoms with van der Waals surface area (Å²) < 4.78 is 36.8. The van der Waals surface area contributed by atoms with Gasteiger partial charge in [-0.3, -0.25) is 4.79 Å². The van der Waals surface area contributed by atoms with Crippen molar-refractivity contribution >= 4 is 16.0 Å². The molecule has 1 aromatic rings. The van der Waals surface area contributed by atoms with Crippen LogP contribution in [0, 0.1) is 0 Å². The minimum Gasteiger partial charge on any atom is -0.497 e. The fourth-order valence-corrected chi connectivity index (χ4v) is 2.95. The molecule has 8 heteroatoms. The van der Waals surface area contributed by atoms with E-state index in [0.29, 0.717) is 12.4 Å². The maximum absolute atomic E-state index is 12.2. The van der Waals surface area contributed by atoms with E-state index in [2.05, 4.69) is 4.72 Å². The Morgan fingerprint density at radius 1 is 1.38 bits per heavy atom. The van der Waals surface area contributed by atoms with E-state index in [0.717, 1.165) is 0 Å². The first-order chi connectivity index (χ1) is 9.90. The highest BCUT2D eigenvalue weighted by Gasteiger charge is 2.20. The molecule has 0 spiro atoms. The molecule has 21 heavy (non-hydrogen) atoms. The van der Waals surface area contributed by atoms with Crippen LogP contribution in [-0.4, -0.2) is 46.4 Å². The Labute approximate surface area is 123 Å². The van der Waals surface area contributed by atoms with Crippen LogP contribution >= 0.6 is 0 Å². The van der Waals surface area contributed by atoms with Crippen LogP contribution in [0.5, 0.6) is 5.75 Å². The molecule has 0 fully saturated rings. The summed E-state index contributed by atoms with van der Waals surface area (Å²) in [5.74, 6) is -0.714. The topological polar surface area (TPSA) is 102 Å². The minimum atomic E-state index is -3.79. The smallest absolute Gasteiger partial charge is 0.307 e. The van der Waals surface area contributed by atoms with E-state index in [-0.39, 0.29) is 23.6 Å². The molecule has 1 aromatic carbocycles. The van der Waals surface area contributed by atoms with Gasteiger partial charge >= 0.3 is 5.97 Å². The largest absolute Gasteiger partial charge is 0.497 e. The maximum atomic E-state index is 12.2. The van der Waals surface area contributed by atoms with E-state index < -0.39 is 22.4 Å². The minimum absolute atomic E-state index is 0.0674. The zero-order valence-electron chi connectivity index (χ0n) is 12.0. The molecule has 0 aliphatic heterocycles. The molecule has 0 atom stereocenters. The van der Waals surface area contributed by atoms with Crippen LogP contribution in [0.1, 0.15) is 12.5 Å². The highest BCUT2D eigenvalue weighted by atomic mass is 32.2. The fraction of sp³-hybridized carbons (Fsp3) is 0.462. The van der Waals surface area contributed by atoms with Gasteiger partial charge < -0.3 is 14.6 Å². The molecule has 0 bridgehead atoms. The van der Waals surface area contributed by atoms with Crippen molar-refractivity contribution in [2.24, 2.45) is 0 Å². The summed E-state index contributed by atoms with van der Waals surface area (Å²) in [6.07, 6.45) is -0.404. The van der Waals surface area contributed by atoms with E-state index in [1.807, 2.05) is 6.92 Å². The van der Waals surface area contributed by atoms with E-state index in [4.69, 9.17) is 14.6 Å². The lowest BCUT2D eigenvalue weighted by atomic mass is 10.1. The second kappa shape index (κ2) is 7.96. The number of benzene rings is 1. The summed E-state index contributed by atoms with van der Waals surface area (Å²) in [4.78, 5) is 10.8. The van der Waals surface area contributed by atoms with Gasteiger partial charge in [-0.15, -0.1) is 0 Å².